The molecule has 3 rings (SSSR count). The lowest BCUT2D eigenvalue weighted by molar-refractivity contribution is -0.132. The molecule has 0 saturated carbocycles. The van der Waals surface area contributed by atoms with E-state index in [1.54, 1.807) is 12.4 Å². The van der Waals surface area contributed by atoms with Gasteiger partial charge in [0.25, 0.3) is 0 Å². The number of carbonyl (C=O) groups excluding carboxylic acids is 1. The zero-order valence-electron chi connectivity index (χ0n) is 13.5. The van der Waals surface area contributed by atoms with E-state index in [1.807, 2.05) is 42.9 Å². The van der Waals surface area contributed by atoms with Crippen molar-refractivity contribution in [3.8, 4) is 0 Å². The third kappa shape index (κ3) is 3.67. The molecule has 1 aromatic heterocycles. The number of carbonyl (C=O) groups is 1. The Balaban J connectivity index is 1.84. The lowest BCUT2D eigenvalue weighted by Gasteiger charge is -2.35. The molecule has 1 aromatic carbocycles. The third-order valence-corrected chi connectivity index (χ3v) is 5.27. The summed E-state index contributed by atoms with van der Waals surface area (Å²) < 4.78 is 0. The zero-order chi connectivity index (χ0) is 16.2. The number of hydrogen-bond donors (Lipinski definition) is 0. The number of pyridine rings is 1. The van der Waals surface area contributed by atoms with Crippen LogP contribution < -0.4 is 4.90 Å². The Hall–Kier alpha value is -2.01. The fourth-order valence-corrected chi connectivity index (χ4v) is 3.93. The van der Waals surface area contributed by atoms with Crippen molar-refractivity contribution in [1.29, 1.82) is 0 Å². The van der Waals surface area contributed by atoms with Gasteiger partial charge in [0.15, 0.2) is 0 Å². The van der Waals surface area contributed by atoms with Crippen LogP contribution in [0.4, 0.5) is 5.69 Å². The van der Waals surface area contributed by atoms with Gasteiger partial charge in [-0.2, -0.15) is 0 Å². The van der Waals surface area contributed by atoms with Gasteiger partial charge in [0.2, 0.25) is 5.91 Å². The first-order chi connectivity index (χ1) is 11.1. The summed E-state index contributed by atoms with van der Waals surface area (Å²) in [5.74, 6) is 1.11. The number of hydrogen-bond acceptors (Lipinski definition) is 4. The van der Waals surface area contributed by atoms with Crippen molar-refractivity contribution in [2.45, 2.75) is 18.3 Å². The van der Waals surface area contributed by atoms with E-state index < -0.39 is 0 Å². The fourth-order valence-electron chi connectivity index (χ4n) is 2.69. The molecule has 0 bridgehead atoms. The minimum Gasteiger partial charge on any atom is -0.378 e. The van der Waals surface area contributed by atoms with Crippen LogP contribution in [0.3, 0.4) is 0 Å². The minimum atomic E-state index is 0.0839. The van der Waals surface area contributed by atoms with Crippen LogP contribution in [-0.4, -0.2) is 35.6 Å². The first-order valence-electron chi connectivity index (χ1n) is 7.72. The van der Waals surface area contributed by atoms with Crippen molar-refractivity contribution in [2.24, 2.45) is 0 Å². The summed E-state index contributed by atoms with van der Waals surface area (Å²) in [6.45, 7) is 0.633. The summed E-state index contributed by atoms with van der Waals surface area (Å²) in [5.41, 5.74) is 3.47. The normalized spacial score (nSPS) is 18.1. The second-order valence-electron chi connectivity index (χ2n) is 5.84. The molecule has 1 aliphatic rings. The zero-order valence-corrected chi connectivity index (χ0v) is 14.3. The summed E-state index contributed by atoms with van der Waals surface area (Å²) in [4.78, 5) is 20.6. The van der Waals surface area contributed by atoms with Crippen molar-refractivity contribution in [3.05, 3.63) is 59.9 Å². The van der Waals surface area contributed by atoms with E-state index in [1.165, 1.54) is 11.3 Å². The average molecular weight is 327 g/mol. The predicted molar refractivity (Wildman–Crippen MR) is 95.4 cm³/mol. The Morgan fingerprint density at radius 1 is 1.17 bits per heavy atom. The molecule has 0 N–H and O–H groups in total. The number of rotatable bonds is 4. The van der Waals surface area contributed by atoms with Gasteiger partial charge < -0.3 is 9.80 Å². The van der Waals surface area contributed by atoms with Crippen LogP contribution >= 0.6 is 11.8 Å². The van der Waals surface area contributed by atoms with E-state index in [4.69, 9.17) is 0 Å². The van der Waals surface area contributed by atoms with Gasteiger partial charge in [-0.15, -0.1) is 11.8 Å². The van der Waals surface area contributed by atoms with Gasteiger partial charge in [0.05, 0.1) is 0 Å². The molecule has 0 aliphatic carbocycles. The van der Waals surface area contributed by atoms with Gasteiger partial charge in [-0.25, -0.2) is 0 Å². The minimum absolute atomic E-state index is 0.0839. The first kappa shape index (κ1) is 15.9. The molecule has 1 fully saturated rings. The molecule has 1 aliphatic heterocycles. The number of nitrogens with zero attached hydrogens (tertiary/aromatic N) is 3. The molecule has 120 valence electrons. The van der Waals surface area contributed by atoms with Crippen molar-refractivity contribution in [3.63, 3.8) is 0 Å². The second kappa shape index (κ2) is 7.04. The highest BCUT2D eigenvalue weighted by atomic mass is 32.2. The van der Waals surface area contributed by atoms with Crippen LogP contribution in [0, 0.1) is 0 Å². The number of anilines is 1. The molecule has 4 nitrogen and oxygen atoms in total. The topological polar surface area (TPSA) is 36.4 Å². The van der Waals surface area contributed by atoms with E-state index >= 15 is 0 Å². The average Bonchev–Trinajstić information content (AvgIpc) is 2.58. The van der Waals surface area contributed by atoms with Gasteiger partial charge in [-0.3, -0.25) is 9.78 Å². The highest BCUT2D eigenvalue weighted by molar-refractivity contribution is 7.99. The van der Waals surface area contributed by atoms with Gasteiger partial charge in [0.1, 0.15) is 5.37 Å². The summed E-state index contributed by atoms with van der Waals surface area (Å²) >= 11 is 1.84. The van der Waals surface area contributed by atoms with Gasteiger partial charge in [-0.1, -0.05) is 12.1 Å². The van der Waals surface area contributed by atoms with Crippen LogP contribution in [0.15, 0.2) is 48.8 Å². The van der Waals surface area contributed by atoms with E-state index in [9.17, 15) is 4.79 Å². The maximum absolute atomic E-state index is 12.4. The van der Waals surface area contributed by atoms with Crippen LogP contribution in [0.2, 0.25) is 0 Å². The van der Waals surface area contributed by atoms with E-state index in [-0.39, 0.29) is 11.3 Å². The lowest BCUT2D eigenvalue weighted by Crippen LogP contribution is -2.36. The Bertz CT molecular complexity index is 658. The Kier molecular flexibility index (Phi) is 4.86. The Labute approximate surface area is 141 Å². The molecule has 1 atom stereocenters. The van der Waals surface area contributed by atoms with E-state index in [0.29, 0.717) is 13.0 Å². The van der Waals surface area contributed by atoms with Crippen molar-refractivity contribution >= 4 is 23.4 Å². The number of thioether (sulfide) groups is 1. The molecule has 5 heteroatoms. The molecular formula is C18H21N3OS. The molecule has 0 radical (unpaired) electrons. The largest absolute Gasteiger partial charge is 0.378 e. The second-order valence-corrected chi connectivity index (χ2v) is 7.02. The Morgan fingerprint density at radius 3 is 2.52 bits per heavy atom. The summed E-state index contributed by atoms with van der Waals surface area (Å²) in [7, 11) is 4.06. The highest BCUT2D eigenvalue weighted by Crippen LogP contribution is 2.38. The van der Waals surface area contributed by atoms with Gasteiger partial charge >= 0.3 is 0 Å². The SMILES string of the molecule is CN(C)c1ccc(C2SCCC(=O)N2Cc2ccncc2)cc1. The molecule has 2 heterocycles. The first-order valence-corrected chi connectivity index (χ1v) is 8.77. The highest BCUT2D eigenvalue weighted by Gasteiger charge is 2.29. The number of amides is 1. The Morgan fingerprint density at radius 2 is 1.87 bits per heavy atom. The molecule has 23 heavy (non-hydrogen) atoms. The van der Waals surface area contributed by atoms with Crippen molar-refractivity contribution in [1.82, 2.24) is 9.88 Å². The van der Waals surface area contributed by atoms with Crippen LogP contribution in [0.25, 0.3) is 0 Å². The van der Waals surface area contributed by atoms with Crippen LogP contribution in [0.1, 0.15) is 22.9 Å². The van der Waals surface area contributed by atoms with Crippen molar-refractivity contribution in [2.75, 3.05) is 24.7 Å². The molecule has 1 amide bonds. The third-order valence-electron chi connectivity index (χ3n) is 3.99. The molecule has 2 aromatic rings. The van der Waals surface area contributed by atoms with Crippen LogP contribution in [-0.2, 0) is 11.3 Å². The standard InChI is InChI=1S/C18H21N3OS/c1-20(2)16-5-3-15(4-6-16)18-21(17(22)9-12-23-18)13-14-7-10-19-11-8-14/h3-8,10-11,18H,9,12-13H2,1-2H3. The number of benzene rings is 1. The maximum atomic E-state index is 12.4. The van der Waals surface area contributed by atoms with Crippen molar-refractivity contribution < 1.29 is 4.79 Å². The molecule has 1 saturated heterocycles. The quantitative estimate of drug-likeness (QED) is 0.863. The summed E-state index contributed by atoms with van der Waals surface area (Å²) in [6.07, 6.45) is 4.16. The molecular weight excluding hydrogens is 306 g/mol. The van der Waals surface area contributed by atoms with E-state index in [2.05, 4.69) is 34.1 Å². The maximum Gasteiger partial charge on any atom is 0.224 e. The lowest BCUT2D eigenvalue weighted by atomic mass is 10.1. The van der Waals surface area contributed by atoms with Crippen LogP contribution in [0.5, 0.6) is 0 Å². The number of aromatic nitrogens is 1. The monoisotopic (exact) mass is 327 g/mol. The molecule has 0 spiro atoms. The fraction of sp³-hybridized carbons (Fsp3) is 0.333. The predicted octanol–water partition coefficient (Wildman–Crippen LogP) is 3.31. The smallest absolute Gasteiger partial charge is 0.224 e. The van der Waals surface area contributed by atoms with E-state index in [0.717, 1.165) is 11.3 Å². The summed E-state index contributed by atoms with van der Waals surface area (Å²) in [6, 6.07) is 12.4. The summed E-state index contributed by atoms with van der Waals surface area (Å²) in [5, 5.41) is 0.0839. The van der Waals surface area contributed by atoms with Gasteiger partial charge in [-0.05, 0) is 35.4 Å². The molecule has 1 unspecified atom stereocenters. The van der Waals surface area contributed by atoms with Gasteiger partial charge in [0, 0.05) is 50.9 Å².